The highest BCUT2D eigenvalue weighted by Crippen LogP contribution is 2.36. The quantitative estimate of drug-likeness (QED) is 0.616. The van der Waals surface area contributed by atoms with Gasteiger partial charge in [0.15, 0.2) is 5.00 Å². The molecule has 0 aromatic carbocycles. The highest BCUT2D eigenvalue weighted by Gasteiger charge is 2.33. The van der Waals surface area contributed by atoms with E-state index in [0.29, 0.717) is 13.2 Å². The molecule has 6 heteroatoms. The van der Waals surface area contributed by atoms with Gasteiger partial charge >= 0.3 is 5.69 Å². The van der Waals surface area contributed by atoms with Crippen LogP contribution in [0, 0.1) is 10.1 Å². The Kier molecular flexibility index (Phi) is 3.35. The van der Waals surface area contributed by atoms with Gasteiger partial charge in [0.2, 0.25) is 0 Å². The monoisotopic (exact) mass is 256 g/mol. The van der Waals surface area contributed by atoms with Crippen LogP contribution in [0.5, 0.6) is 0 Å². The zero-order valence-electron chi connectivity index (χ0n) is 10.0. The van der Waals surface area contributed by atoms with Crippen molar-refractivity contribution in [1.82, 2.24) is 0 Å². The largest absolute Gasteiger partial charge is 0.372 e. The Morgan fingerprint density at radius 2 is 2.47 bits per heavy atom. The molecule has 0 saturated carbocycles. The van der Waals surface area contributed by atoms with Crippen LogP contribution in [0.3, 0.4) is 0 Å². The maximum Gasteiger partial charge on any atom is 0.303 e. The first-order valence-electron chi connectivity index (χ1n) is 5.66. The smallest absolute Gasteiger partial charge is 0.303 e. The van der Waals surface area contributed by atoms with E-state index in [4.69, 9.17) is 4.74 Å². The van der Waals surface area contributed by atoms with Gasteiger partial charge in [0.05, 0.1) is 17.1 Å². The molecule has 2 rings (SSSR count). The summed E-state index contributed by atoms with van der Waals surface area (Å²) in [5.74, 6) is 0. The van der Waals surface area contributed by atoms with Gasteiger partial charge in [-0.15, -0.1) is 11.3 Å². The predicted molar refractivity (Wildman–Crippen MR) is 67.8 cm³/mol. The third-order valence-electron chi connectivity index (χ3n) is 3.19. The van der Waals surface area contributed by atoms with Crippen LogP contribution in [0.25, 0.3) is 0 Å². The minimum Gasteiger partial charge on any atom is -0.372 e. The lowest BCUT2D eigenvalue weighted by atomic mass is 10.0. The maximum atomic E-state index is 10.9. The maximum absolute atomic E-state index is 10.9. The highest BCUT2D eigenvalue weighted by molar-refractivity contribution is 7.14. The third-order valence-corrected chi connectivity index (χ3v) is 4.16. The summed E-state index contributed by atoms with van der Waals surface area (Å²) in [5.41, 5.74) is 0.00573. The summed E-state index contributed by atoms with van der Waals surface area (Å²) in [6.07, 6.45) is 0.905. The van der Waals surface area contributed by atoms with Crippen LogP contribution >= 0.6 is 11.3 Å². The number of hydrogen-bond donors (Lipinski definition) is 0. The van der Waals surface area contributed by atoms with E-state index in [1.807, 2.05) is 0 Å². The number of nitro groups is 1. The van der Waals surface area contributed by atoms with Crippen LogP contribution in [-0.4, -0.2) is 30.2 Å². The first-order chi connectivity index (χ1) is 8.06. The molecule has 0 N–H and O–H groups in total. The van der Waals surface area contributed by atoms with E-state index in [1.165, 1.54) is 11.3 Å². The van der Waals surface area contributed by atoms with Crippen LogP contribution in [0.15, 0.2) is 11.4 Å². The topological polar surface area (TPSA) is 55.6 Å². The van der Waals surface area contributed by atoms with Gasteiger partial charge in [-0.1, -0.05) is 6.92 Å². The lowest BCUT2D eigenvalue weighted by Gasteiger charge is -2.40. The molecule has 1 unspecified atom stereocenters. The number of hydrogen-bond acceptors (Lipinski definition) is 5. The van der Waals surface area contributed by atoms with Gasteiger partial charge in [-0.3, -0.25) is 10.1 Å². The molecule has 0 radical (unpaired) electrons. The molecule has 0 spiro atoms. The van der Waals surface area contributed by atoms with Crippen molar-refractivity contribution in [3.63, 3.8) is 0 Å². The van der Waals surface area contributed by atoms with E-state index in [2.05, 4.69) is 18.7 Å². The van der Waals surface area contributed by atoms with E-state index in [-0.39, 0.29) is 16.2 Å². The van der Waals surface area contributed by atoms with E-state index in [9.17, 15) is 10.1 Å². The SMILES string of the molecule is CCC1(C)CN(c2sccc2[N+](=O)[O-])CCO1. The number of ether oxygens (including phenoxy) is 1. The molecule has 1 atom stereocenters. The average Bonchev–Trinajstić information content (AvgIpc) is 2.78. The van der Waals surface area contributed by atoms with Crippen LogP contribution in [-0.2, 0) is 4.74 Å². The molecular formula is C11H16N2O3S. The standard InChI is InChI=1S/C11H16N2O3S/c1-3-11(2)8-12(5-6-16-11)10-9(13(14)15)4-7-17-10/h4,7H,3,5-6,8H2,1-2H3. The van der Waals surface area contributed by atoms with Crippen molar-refractivity contribution < 1.29 is 9.66 Å². The fourth-order valence-corrected chi connectivity index (χ4v) is 2.88. The number of thiophene rings is 1. The summed E-state index contributed by atoms with van der Waals surface area (Å²) in [4.78, 5) is 12.7. The van der Waals surface area contributed by atoms with Crippen molar-refractivity contribution in [3.05, 3.63) is 21.6 Å². The van der Waals surface area contributed by atoms with Crippen molar-refractivity contribution in [3.8, 4) is 0 Å². The van der Waals surface area contributed by atoms with E-state index in [1.54, 1.807) is 11.4 Å². The zero-order chi connectivity index (χ0) is 12.5. The average molecular weight is 256 g/mol. The first-order valence-corrected chi connectivity index (χ1v) is 6.54. The van der Waals surface area contributed by atoms with Crippen molar-refractivity contribution in [2.24, 2.45) is 0 Å². The highest BCUT2D eigenvalue weighted by atomic mass is 32.1. The Balaban J connectivity index is 2.22. The number of nitrogens with zero attached hydrogens (tertiary/aromatic N) is 2. The Hall–Kier alpha value is -1.14. The number of anilines is 1. The number of rotatable bonds is 3. The molecule has 1 saturated heterocycles. The lowest BCUT2D eigenvalue weighted by Crippen LogP contribution is -2.49. The summed E-state index contributed by atoms with van der Waals surface area (Å²) < 4.78 is 5.74. The molecule has 1 aromatic heterocycles. The Labute approximate surface area is 104 Å². The molecule has 1 aliphatic rings. The fraction of sp³-hybridized carbons (Fsp3) is 0.636. The Morgan fingerprint density at radius 1 is 1.71 bits per heavy atom. The Bertz CT molecular complexity index is 421. The van der Waals surface area contributed by atoms with E-state index in [0.717, 1.165) is 18.0 Å². The second-order valence-corrected chi connectivity index (χ2v) is 5.34. The molecule has 2 heterocycles. The van der Waals surface area contributed by atoms with Crippen molar-refractivity contribution in [1.29, 1.82) is 0 Å². The zero-order valence-corrected chi connectivity index (χ0v) is 10.8. The summed E-state index contributed by atoms with van der Waals surface area (Å²) in [5, 5.41) is 13.4. The Morgan fingerprint density at radius 3 is 3.12 bits per heavy atom. The van der Waals surface area contributed by atoms with Crippen molar-refractivity contribution in [2.45, 2.75) is 25.9 Å². The molecular weight excluding hydrogens is 240 g/mol. The molecule has 17 heavy (non-hydrogen) atoms. The first kappa shape index (κ1) is 12.3. The molecule has 1 aliphatic heterocycles. The predicted octanol–water partition coefficient (Wildman–Crippen LogP) is 2.66. The molecule has 1 aromatic rings. The molecule has 5 nitrogen and oxygen atoms in total. The summed E-state index contributed by atoms with van der Waals surface area (Å²) >= 11 is 1.42. The third kappa shape index (κ3) is 2.42. The summed E-state index contributed by atoms with van der Waals surface area (Å²) in [6.45, 7) is 6.19. The van der Waals surface area contributed by atoms with Gasteiger partial charge in [-0.25, -0.2) is 0 Å². The second kappa shape index (κ2) is 4.62. The van der Waals surface area contributed by atoms with Gasteiger partial charge < -0.3 is 9.64 Å². The molecule has 0 aliphatic carbocycles. The summed E-state index contributed by atoms with van der Waals surface area (Å²) in [6, 6.07) is 1.57. The molecule has 1 fully saturated rings. The fourth-order valence-electron chi connectivity index (χ4n) is 1.99. The molecule has 94 valence electrons. The van der Waals surface area contributed by atoms with Crippen molar-refractivity contribution in [2.75, 3.05) is 24.6 Å². The number of morpholine rings is 1. The molecule has 0 amide bonds. The van der Waals surface area contributed by atoms with Gasteiger partial charge in [-0.2, -0.15) is 0 Å². The van der Waals surface area contributed by atoms with E-state index < -0.39 is 0 Å². The lowest BCUT2D eigenvalue weighted by molar-refractivity contribution is -0.383. The van der Waals surface area contributed by atoms with Crippen LogP contribution < -0.4 is 4.90 Å². The van der Waals surface area contributed by atoms with Gasteiger partial charge in [0, 0.05) is 19.2 Å². The van der Waals surface area contributed by atoms with Crippen molar-refractivity contribution >= 4 is 22.0 Å². The second-order valence-electron chi connectivity index (χ2n) is 4.44. The summed E-state index contributed by atoms with van der Waals surface area (Å²) in [7, 11) is 0. The minimum atomic E-state index is -0.315. The van der Waals surface area contributed by atoms with Crippen LogP contribution in [0.2, 0.25) is 0 Å². The van der Waals surface area contributed by atoms with Gasteiger partial charge in [-0.05, 0) is 18.7 Å². The van der Waals surface area contributed by atoms with Gasteiger partial charge in [0.1, 0.15) is 0 Å². The van der Waals surface area contributed by atoms with Crippen LogP contribution in [0.1, 0.15) is 20.3 Å². The van der Waals surface area contributed by atoms with Crippen LogP contribution in [0.4, 0.5) is 10.7 Å². The normalized spacial score (nSPS) is 24.9. The van der Waals surface area contributed by atoms with E-state index >= 15 is 0 Å². The minimum absolute atomic E-state index is 0.198. The molecule has 0 bridgehead atoms. The van der Waals surface area contributed by atoms with Gasteiger partial charge in [0.25, 0.3) is 0 Å².